The number of sulfonamides is 1. The molecule has 1 atom stereocenters. The summed E-state index contributed by atoms with van der Waals surface area (Å²) in [5.41, 5.74) is 8.07. The summed E-state index contributed by atoms with van der Waals surface area (Å²) in [5.74, 6) is 0.613. The molecule has 0 saturated carbocycles. The van der Waals surface area contributed by atoms with Gasteiger partial charge in [-0.05, 0) is 38.5 Å². The van der Waals surface area contributed by atoms with E-state index in [9.17, 15) is 8.42 Å². The maximum atomic E-state index is 12.2. The number of benzene rings is 1. The average Bonchev–Trinajstić information content (AvgIpc) is 2.76. The molecule has 0 aliphatic rings. The fraction of sp³-hybridized carbons (Fsp3) is 0.357. The highest BCUT2D eigenvalue weighted by Gasteiger charge is 2.17. The Hall–Kier alpha value is -1.70. The molecule has 0 spiro atoms. The van der Waals surface area contributed by atoms with Gasteiger partial charge in [0.05, 0.1) is 10.6 Å². The Morgan fingerprint density at radius 2 is 1.90 bits per heavy atom. The highest BCUT2D eigenvalue weighted by Crippen LogP contribution is 2.16. The quantitative estimate of drug-likeness (QED) is 0.877. The minimum Gasteiger partial charge on any atom is -0.361 e. The van der Waals surface area contributed by atoms with Crippen molar-refractivity contribution in [2.75, 3.05) is 0 Å². The van der Waals surface area contributed by atoms with Gasteiger partial charge >= 0.3 is 0 Å². The number of nitrogens with two attached hydrogens (primary N) is 1. The predicted molar refractivity (Wildman–Crippen MR) is 79.0 cm³/mol. The second-order valence-electron chi connectivity index (χ2n) is 4.98. The second-order valence-corrected chi connectivity index (χ2v) is 6.75. The molecule has 1 unspecified atom stereocenters. The van der Waals surface area contributed by atoms with Crippen LogP contribution in [0, 0.1) is 13.8 Å². The van der Waals surface area contributed by atoms with Crippen LogP contribution in [0.2, 0.25) is 0 Å². The molecule has 114 valence electrons. The molecule has 0 aliphatic carbocycles. The lowest BCUT2D eigenvalue weighted by atomic mass is 10.1. The van der Waals surface area contributed by atoms with Crippen LogP contribution < -0.4 is 10.5 Å². The van der Waals surface area contributed by atoms with E-state index < -0.39 is 10.0 Å². The smallest absolute Gasteiger partial charge is 0.240 e. The first-order valence-corrected chi connectivity index (χ1v) is 8.06. The minimum atomic E-state index is -3.57. The summed E-state index contributed by atoms with van der Waals surface area (Å²) in [7, 11) is -3.57. The third-order valence-corrected chi connectivity index (χ3v) is 4.75. The fourth-order valence-electron chi connectivity index (χ4n) is 1.96. The summed E-state index contributed by atoms with van der Waals surface area (Å²) >= 11 is 0. The summed E-state index contributed by atoms with van der Waals surface area (Å²) < 4.78 is 32.0. The van der Waals surface area contributed by atoms with Crippen LogP contribution in [0.15, 0.2) is 33.7 Å². The molecule has 0 fully saturated rings. The molecule has 2 rings (SSSR count). The zero-order valence-electron chi connectivity index (χ0n) is 12.3. The number of aromatic nitrogens is 1. The lowest BCUT2D eigenvalue weighted by Gasteiger charge is -2.09. The maximum Gasteiger partial charge on any atom is 0.240 e. The van der Waals surface area contributed by atoms with Crippen LogP contribution in [0.4, 0.5) is 0 Å². The average molecular weight is 309 g/mol. The molecule has 1 aromatic carbocycles. The van der Waals surface area contributed by atoms with Gasteiger partial charge in [0.25, 0.3) is 0 Å². The predicted octanol–water partition coefficient (Wildman–Crippen LogP) is 1.79. The third kappa shape index (κ3) is 3.49. The van der Waals surface area contributed by atoms with E-state index in [2.05, 4.69) is 9.88 Å². The molecule has 0 aliphatic heterocycles. The molecule has 3 N–H and O–H groups in total. The van der Waals surface area contributed by atoms with Gasteiger partial charge in [0.2, 0.25) is 10.0 Å². The Kier molecular flexibility index (Phi) is 4.46. The highest BCUT2D eigenvalue weighted by molar-refractivity contribution is 7.89. The molecule has 7 heteroatoms. The monoisotopic (exact) mass is 309 g/mol. The van der Waals surface area contributed by atoms with Gasteiger partial charge in [-0.25, -0.2) is 13.1 Å². The van der Waals surface area contributed by atoms with E-state index in [1.165, 1.54) is 0 Å². The molecular weight excluding hydrogens is 290 g/mol. The summed E-state index contributed by atoms with van der Waals surface area (Å²) in [6.45, 7) is 5.52. The molecule has 0 bridgehead atoms. The standard InChI is InChI=1S/C14H19N3O3S/c1-9(15)12-4-6-13(7-5-12)21(18,19)16-8-14-10(2)17-20-11(14)3/h4-7,9,16H,8,15H2,1-3H3. The first kappa shape index (κ1) is 15.7. The lowest BCUT2D eigenvalue weighted by molar-refractivity contribution is 0.392. The topological polar surface area (TPSA) is 98.2 Å². The van der Waals surface area contributed by atoms with Gasteiger partial charge in [0.1, 0.15) is 5.76 Å². The maximum absolute atomic E-state index is 12.2. The van der Waals surface area contributed by atoms with E-state index in [-0.39, 0.29) is 17.5 Å². The van der Waals surface area contributed by atoms with E-state index in [1.807, 2.05) is 6.92 Å². The first-order valence-electron chi connectivity index (χ1n) is 6.58. The van der Waals surface area contributed by atoms with Crippen LogP contribution >= 0.6 is 0 Å². The van der Waals surface area contributed by atoms with Crippen LogP contribution in [-0.2, 0) is 16.6 Å². The number of nitrogens with zero attached hydrogens (tertiary/aromatic N) is 1. The minimum absolute atomic E-state index is 0.128. The van der Waals surface area contributed by atoms with E-state index in [0.29, 0.717) is 11.5 Å². The van der Waals surface area contributed by atoms with Gasteiger partial charge in [-0.2, -0.15) is 0 Å². The summed E-state index contributed by atoms with van der Waals surface area (Å²) in [4.78, 5) is 0.207. The van der Waals surface area contributed by atoms with Crippen molar-refractivity contribution < 1.29 is 12.9 Å². The zero-order valence-corrected chi connectivity index (χ0v) is 13.1. The molecule has 0 radical (unpaired) electrons. The van der Waals surface area contributed by atoms with Crippen LogP contribution in [0.25, 0.3) is 0 Å². The van der Waals surface area contributed by atoms with E-state index in [0.717, 1.165) is 11.1 Å². The first-order chi connectivity index (χ1) is 9.81. The van der Waals surface area contributed by atoms with Crippen LogP contribution in [-0.4, -0.2) is 13.6 Å². The second kappa shape index (κ2) is 5.97. The molecule has 1 heterocycles. The van der Waals surface area contributed by atoms with Crippen molar-refractivity contribution in [1.29, 1.82) is 0 Å². The van der Waals surface area contributed by atoms with Crippen molar-refractivity contribution in [2.24, 2.45) is 5.73 Å². The van der Waals surface area contributed by atoms with Crippen LogP contribution in [0.3, 0.4) is 0 Å². The fourth-order valence-corrected chi connectivity index (χ4v) is 2.95. The van der Waals surface area contributed by atoms with Crippen molar-refractivity contribution >= 4 is 10.0 Å². The normalized spacial score (nSPS) is 13.3. The van der Waals surface area contributed by atoms with Crippen molar-refractivity contribution in [1.82, 2.24) is 9.88 Å². The Bertz CT molecular complexity index is 699. The van der Waals surface area contributed by atoms with Crippen LogP contribution in [0.1, 0.15) is 35.5 Å². The van der Waals surface area contributed by atoms with Gasteiger partial charge < -0.3 is 10.3 Å². The molecule has 6 nitrogen and oxygen atoms in total. The number of hydrogen-bond acceptors (Lipinski definition) is 5. The Balaban J connectivity index is 2.15. The Labute approximate surface area is 124 Å². The lowest BCUT2D eigenvalue weighted by Crippen LogP contribution is -2.23. The zero-order chi connectivity index (χ0) is 15.6. The van der Waals surface area contributed by atoms with E-state index >= 15 is 0 Å². The number of rotatable bonds is 5. The van der Waals surface area contributed by atoms with Gasteiger partial charge in [-0.3, -0.25) is 0 Å². The van der Waals surface area contributed by atoms with Crippen molar-refractivity contribution in [3.05, 3.63) is 46.8 Å². The molecule has 21 heavy (non-hydrogen) atoms. The van der Waals surface area contributed by atoms with Crippen molar-refractivity contribution in [3.8, 4) is 0 Å². The van der Waals surface area contributed by atoms with Gasteiger partial charge in [0, 0.05) is 18.2 Å². The van der Waals surface area contributed by atoms with E-state index in [4.69, 9.17) is 10.3 Å². The third-order valence-electron chi connectivity index (χ3n) is 3.34. The Morgan fingerprint density at radius 1 is 1.29 bits per heavy atom. The largest absolute Gasteiger partial charge is 0.361 e. The molecule has 0 saturated heterocycles. The Morgan fingerprint density at radius 3 is 2.38 bits per heavy atom. The summed E-state index contributed by atoms with van der Waals surface area (Å²) in [6, 6.07) is 6.41. The summed E-state index contributed by atoms with van der Waals surface area (Å²) in [6.07, 6.45) is 0. The SMILES string of the molecule is Cc1noc(C)c1CNS(=O)(=O)c1ccc(C(C)N)cc1. The number of hydrogen-bond donors (Lipinski definition) is 2. The molecular formula is C14H19N3O3S. The van der Waals surface area contributed by atoms with Crippen molar-refractivity contribution in [3.63, 3.8) is 0 Å². The van der Waals surface area contributed by atoms with Crippen molar-refractivity contribution in [2.45, 2.75) is 38.3 Å². The van der Waals surface area contributed by atoms with E-state index in [1.54, 1.807) is 38.1 Å². The molecule has 0 amide bonds. The number of aryl methyl sites for hydroxylation is 2. The van der Waals surface area contributed by atoms with Gasteiger partial charge in [-0.1, -0.05) is 17.3 Å². The molecule has 2 aromatic rings. The highest BCUT2D eigenvalue weighted by atomic mass is 32.2. The summed E-state index contributed by atoms with van der Waals surface area (Å²) in [5, 5.41) is 3.80. The van der Waals surface area contributed by atoms with Gasteiger partial charge in [0.15, 0.2) is 0 Å². The van der Waals surface area contributed by atoms with Gasteiger partial charge in [-0.15, -0.1) is 0 Å². The molecule has 1 aromatic heterocycles. The van der Waals surface area contributed by atoms with Crippen LogP contribution in [0.5, 0.6) is 0 Å². The number of nitrogens with one attached hydrogen (secondary N) is 1.